The minimum Gasteiger partial charge on any atom is -0.494 e. The van der Waals surface area contributed by atoms with Gasteiger partial charge in [-0.2, -0.15) is 0 Å². The normalized spacial score (nSPS) is 11.5. The Bertz CT molecular complexity index is 1460. The molecule has 0 aliphatic carbocycles. The van der Waals surface area contributed by atoms with Gasteiger partial charge in [-0.1, -0.05) is 0 Å². The van der Waals surface area contributed by atoms with Crippen LogP contribution in [0.2, 0.25) is 0 Å². The Morgan fingerprint density at radius 2 is 1.50 bits per heavy atom. The highest BCUT2D eigenvalue weighted by Gasteiger charge is 2.18. The van der Waals surface area contributed by atoms with Crippen molar-refractivity contribution in [3.8, 4) is 5.75 Å². The molecular weight excluding hydrogens is 486 g/mol. The highest BCUT2D eigenvalue weighted by molar-refractivity contribution is 6.11. The molecule has 200 valence electrons. The molecule has 0 bridgehead atoms. The predicted molar refractivity (Wildman–Crippen MR) is 146 cm³/mol. The summed E-state index contributed by atoms with van der Waals surface area (Å²) in [5, 5.41) is 4.38. The molecule has 38 heavy (non-hydrogen) atoms. The molecule has 0 saturated carbocycles. The van der Waals surface area contributed by atoms with Crippen LogP contribution in [0.25, 0.3) is 21.8 Å². The lowest BCUT2D eigenvalue weighted by molar-refractivity contribution is -0.140. The average molecular weight is 520 g/mol. The molecule has 4 rings (SSSR count). The number of H-pyrrole nitrogens is 2. The van der Waals surface area contributed by atoms with E-state index in [-0.39, 0.29) is 11.8 Å². The molecule has 1 amide bonds. The molecule has 9 nitrogen and oxygen atoms in total. The Balaban J connectivity index is 1.39. The van der Waals surface area contributed by atoms with Crippen LogP contribution in [0.4, 0.5) is 10.5 Å². The van der Waals surface area contributed by atoms with Crippen LogP contribution in [0.15, 0.2) is 48.5 Å². The van der Waals surface area contributed by atoms with E-state index in [0.29, 0.717) is 30.1 Å². The van der Waals surface area contributed by atoms with Gasteiger partial charge in [0, 0.05) is 33.9 Å². The number of anilines is 1. The predicted octanol–water partition coefficient (Wildman–Crippen LogP) is 6.34. The first kappa shape index (κ1) is 26.8. The minimum atomic E-state index is -0.596. The van der Waals surface area contributed by atoms with Gasteiger partial charge in [0.2, 0.25) is 5.78 Å². The number of carbonyl (C=O) groups excluding carboxylic acids is 3. The number of aromatic amines is 2. The first-order valence-corrected chi connectivity index (χ1v) is 12.6. The van der Waals surface area contributed by atoms with Gasteiger partial charge < -0.3 is 24.2 Å². The number of amides is 1. The fourth-order valence-electron chi connectivity index (χ4n) is 4.06. The van der Waals surface area contributed by atoms with Gasteiger partial charge in [-0.3, -0.25) is 14.9 Å². The van der Waals surface area contributed by atoms with E-state index in [1.54, 1.807) is 39.0 Å². The highest BCUT2D eigenvalue weighted by atomic mass is 16.6. The molecule has 0 fully saturated rings. The minimum absolute atomic E-state index is 0.174. The fraction of sp³-hybridized carbons (Fsp3) is 0.345. The summed E-state index contributed by atoms with van der Waals surface area (Å²) in [5.74, 6) is 0.354. The van der Waals surface area contributed by atoms with Gasteiger partial charge in [0.05, 0.1) is 25.1 Å². The van der Waals surface area contributed by atoms with Crippen molar-refractivity contribution in [1.29, 1.82) is 0 Å². The van der Waals surface area contributed by atoms with E-state index in [1.807, 2.05) is 30.3 Å². The van der Waals surface area contributed by atoms with Crippen molar-refractivity contribution in [1.82, 2.24) is 9.97 Å². The standard InChI is InChI=1S/C29H33N3O6/c1-29(2,3)38-28(35)30-20-9-11-22-18(14-20)16-24(31-22)27(34)25-17-19-15-21(10-12-23(19)32-25)37-13-7-5-6-8-26(33)36-4/h9-12,14-17,31-32H,5-8,13H2,1-4H3,(H,30,35). The Kier molecular flexibility index (Phi) is 8.05. The van der Waals surface area contributed by atoms with Crippen molar-refractivity contribution >= 4 is 45.3 Å². The molecule has 0 atom stereocenters. The second-order valence-corrected chi connectivity index (χ2v) is 10.1. The Morgan fingerprint density at radius 1 is 0.842 bits per heavy atom. The van der Waals surface area contributed by atoms with Gasteiger partial charge in [-0.15, -0.1) is 0 Å². The summed E-state index contributed by atoms with van der Waals surface area (Å²) in [6, 6.07) is 14.6. The summed E-state index contributed by atoms with van der Waals surface area (Å²) >= 11 is 0. The molecule has 0 aliphatic rings. The van der Waals surface area contributed by atoms with Crippen molar-refractivity contribution < 1.29 is 28.6 Å². The van der Waals surface area contributed by atoms with Gasteiger partial charge >= 0.3 is 12.1 Å². The molecule has 0 radical (unpaired) electrons. The zero-order valence-corrected chi connectivity index (χ0v) is 22.1. The quantitative estimate of drug-likeness (QED) is 0.128. The molecule has 4 aromatic rings. The van der Waals surface area contributed by atoms with Crippen LogP contribution < -0.4 is 10.1 Å². The Morgan fingerprint density at radius 3 is 2.16 bits per heavy atom. The van der Waals surface area contributed by atoms with Gasteiger partial charge in [-0.05, 0) is 88.6 Å². The summed E-state index contributed by atoms with van der Waals surface area (Å²) < 4.78 is 15.8. The number of esters is 1. The van der Waals surface area contributed by atoms with E-state index in [4.69, 9.17) is 9.47 Å². The number of carbonyl (C=O) groups is 3. The third-order valence-electron chi connectivity index (χ3n) is 5.87. The van der Waals surface area contributed by atoms with Crippen molar-refractivity contribution in [2.75, 3.05) is 19.0 Å². The monoisotopic (exact) mass is 519 g/mol. The van der Waals surface area contributed by atoms with Gasteiger partial charge in [0.1, 0.15) is 11.4 Å². The lowest BCUT2D eigenvalue weighted by Crippen LogP contribution is -2.27. The third kappa shape index (κ3) is 6.94. The SMILES string of the molecule is COC(=O)CCCCCOc1ccc2[nH]c(C(=O)c3cc4cc(NC(=O)OC(C)(C)C)ccc4[nH]3)cc2c1. The van der Waals surface area contributed by atoms with E-state index in [2.05, 4.69) is 20.0 Å². The van der Waals surface area contributed by atoms with E-state index in [0.717, 1.165) is 46.8 Å². The number of rotatable bonds is 10. The zero-order chi connectivity index (χ0) is 27.3. The summed E-state index contributed by atoms with van der Waals surface area (Å²) in [4.78, 5) is 42.8. The first-order chi connectivity index (χ1) is 18.1. The van der Waals surface area contributed by atoms with Crippen LogP contribution in [-0.4, -0.2) is 47.1 Å². The van der Waals surface area contributed by atoms with Crippen LogP contribution in [0.1, 0.15) is 62.6 Å². The summed E-state index contributed by atoms with van der Waals surface area (Å²) in [5.41, 5.74) is 2.48. The summed E-state index contributed by atoms with van der Waals surface area (Å²) in [6.07, 6.45) is 2.37. The van der Waals surface area contributed by atoms with Crippen LogP contribution in [0.3, 0.4) is 0 Å². The molecule has 0 aliphatic heterocycles. The van der Waals surface area contributed by atoms with Crippen molar-refractivity contribution in [2.45, 2.75) is 52.1 Å². The van der Waals surface area contributed by atoms with Crippen molar-refractivity contribution in [3.63, 3.8) is 0 Å². The Hall–Kier alpha value is -4.27. The number of nitrogens with one attached hydrogen (secondary N) is 3. The van der Waals surface area contributed by atoms with Gasteiger partial charge in [-0.25, -0.2) is 4.79 Å². The number of benzene rings is 2. The molecule has 0 saturated heterocycles. The van der Waals surface area contributed by atoms with E-state index in [1.165, 1.54) is 7.11 Å². The number of methoxy groups -OCH3 is 1. The zero-order valence-electron chi connectivity index (χ0n) is 22.1. The summed E-state index contributed by atoms with van der Waals surface area (Å²) in [7, 11) is 1.39. The number of ketones is 1. The molecular formula is C29H33N3O6. The maximum absolute atomic E-state index is 13.2. The van der Waals surface area contributed by atoms with Gasteiger partial charge in [0.15, 0.2) is 0 Å². The molecule has 2 heterocycles. The molecule has 0 spiro atoms. The maximum Gasteiger partial charge on any atom is 0.412 e. The number of fused-ring (bicyclic) bond motifs is 2. The topological polar surface area (TPSA) is 123 Å². The molecule has 9 heteroatoms. The number of hydrogen-bond acceptors (Lipinski definition) is 6. The van der Waals surface area contributed by atoms with E-state index in [9.17, 15) is 14.4 Å². The summed E-state index contributed by atoms with van der Waals surface area (Å²) in [6.45, 7) is 5.95. The number of ether oxygens (including phenoxy) is 3. The molecule has 2 aromatic carbocycles. The maximum atomic E-state index is 13.2. The van der Waals surface area contributed by atoms with E-state index < -0.39 is 11.7 Å². The van der Waals surface area contributed by atoms with Crippen LogP contribution in [0.5, 0.6) is 5.75 Å². The van der Waals surface area contributed by atoms with Crippen LogP contribution in [-0.2, 0) is 14.3 Å². The van der Waals surface area contributed by atoms with Crippen LogP contribution >= 0.6 is 0 Å². The molecule has 2 aromatic heterocycles. The average Bonchev–Trinajstić information content (AvgIpc) is 3.48. The fourth-order valence-corrected chi connectivity index (χ4v) is 4.06. The molecule has 0 unspecified atom stereocenters. The molecule has 3 N–H and O–H groups in total. The van der Waals surface area contributed by atoms with Gasteiger partial charge in [0.25, 0.3) is 0 Å². The Labute approximate surface area is 220 Å². The van der Waals surface area contributed by atoms with E-state index >= 15 is 0 Å². The third-order valence-corrected chi connectivity index (χ3v) is 5.87. The highest BCUT2D eigenvalue weighted by Crippen LogP contribution is 2.25. The largest absolute Gasteiger partial charge is 0.494 e. The lowest BCUT2D eigenvalue weighted by atomic mass is 10.2. The van der Waals surface area contributed by atoms with Crippen molar-refractivity contribution in [2.24, 2.45) is 0 Å². The number of unbranched alkanes of at least 4 members (excludes halogenated alkanes) is 2. The smallest absolute Gasteiger partial charge is 0.412 e. The number of hydrogen-bond donors (Lipinski definition) is 3. The second kappa shape index (κ2) is 11.4. The van der Waals surface area contributed by atoms with Crippen molar-refractivity contribution in [3.05, 3.63) is 59.9 Å². The first-order valence-electron chi connectivity index (χ1n) is 12.6. The number of aromatic nitrogens is 2. The lowest BCUT2D eigenvalue weighted by Gasteiger charge is -2.19. The van der Waals surface area contributed by atoms with Crippen LogP contribution in [0, 0.1) is 0 Å². The second-order valence-electron chi connectivity index (χ2n) is 10.1.